The van der Waals surface area contributed by atoms with Gasteiger partial charge in [0.1, 0.15) is 6.04 Å². The zero-order valence-electron chi connectivity index (χ0n) is 18.2. The van der Waals surface area contributed by atoms with Crippen molar-refractivity contribution in [3.8, 4) is 5.69 Å². The molecule has 0 aliphatic carbocycles. The van der Waals surface area contributed by atoms with Gasteiger partial charge in [-0.2, -0.15) is 26.3 Å². The molecule has 4 nitrogen and oxygen atoms in total. The van der Waals surface area contributed by atoms with Crippen LogP contribution >= 0.6 is 12.2 Å². The van der Waals surface area contributed by atoms with Gasteiger partial charge < -0.3 is 14.8 Å². The average molecular weight is 518 g/mol. The molecule has 0 amide bonds. The van der Waals surface area contributed by atoms with E-state index in [1.807, 2.05) is 41.1 Å². The molecule has 0 bridgehead atoms. The summed E-state index contributed by atoms with van der Waals surface area (Å²) in [5, 5.41) is 2.56. The number of hydrogen-bond acceptors (Lipinski definition) is 2. The van der Waals surface area contributed by atoms with Gasteiger partial charge in [0.2, 0.25) is 0 Å². The quantitative estimate of drug-likeness (QED) is 0.225. The van der Waals surface area contributed by atoms with Crippen LogP contribution in [0.1, 0.15) is 28.4 Å². The normalized spacial score (nSPS) is 15.3. The molecule has 0 saturated carbocycles. The Kier molecular flexibility index (Phi) is 5.74. The number of thiocarbonyl (C=S) groups is 1. The first kappa shape index (κ1) is 23.9. The van der Waals surface area contributed by atoms with Crippen molar-refractivity contribution in [2.45, 2.75) is 18.4 Å². The molecular weight excluding hydrogens is 502 g/mol. The fraction of sp³-hybridized carbons (Fsp3) is 0.120. The van der Waals surface area contributed by atoms with E-state index in [0.29, 0.717) is 17.8 Å². The van der Waals surface area contributed by atoms with E-state index >= 15 is 0 Å². The van der Waals surface area contributed by atoms with Crippen LogP contribution in [0.15, 0.2) is 85.3 Å². The molecule has 0 saturated heterocycles. The largest absolute Gasteiger partial charge is 0.416 e. The van der Waals surface area contributed by atoms with Gasteiger partial charge in [0.15, 0.2) is 5.11 Å². The molecule has 11 heteroatoms. The number of hydrogen-bond donors (Lipinski definition) is 1. The smallest absolute Gasteiger partial charge is 0.332 e. The summed E-state index contributed by atoms with van der Waals surface area (Å²) in [5.41, 5.74) is -0.386. The fourth-order valence-corrected chi connectivity index (χ4v) is 4.60. The van der Waals surface area contributed by atoms with Crippen molar-refractivity contribution in [1.82, 2.24) is 9.55 Å². The van der Waals surface area contributed by atoms with Gasteiger partial charge in [-0.1, -0.05) is 18.2 Å². The van der Waals surface area contributed by atoms with E-state index in [0.717, 1.165) is 16.9 Å². The number of alkyl halides is 6. The number of anilines is 2. The van der Waals surface area contributed by atoms with Gasteiger partial charge in [-0.25, -0.2) is 0 Å². The molecule has 184 valence electrons. The molecule has 0 fully saturated rings. The number of halogens is 6. The van der Waals surface area contributed by atoms with Crippen molar-refractivity contribution in [2.75, 3.05) is 10.2 Å². The Morgan fingerprint density at radius 3 is 2.11 bits per heavy atom. The molecule has 0 radical (unpaired) electrons. The summed E-state index contributed by atoms with van der Waals surface area (Å²) in [7, 11) is 0. The van der Waals surface area contributed by atoms with Crippen molar-refractivity contribution < 1.29 is 26.3 Å². The Morgan fingerprint density at radius 1 is 0.833 bits per heavy atom. The van der Waals surface area contributed by atoms with Gasteiger partial charge in [0.25, 0.3) is 0 Å². The minimum Gasteiger partial charge on any atom is -0.332 e. The lowest BCUT2D eigenvalue weighted by atomic mass is 10.00. The van der Waals surface area contributed by atoms with E-state index in [9.17, 15) is 26.3 Å². The standard InChI is InChI=1S/C25H16F6N4S/c26-24(27,28)16-11-17(25(29,30)31)13-18(12-16)33-23(36)35-20-7-2-1-6-19(20)34-10-4-8-21(34)22(35)15-5-3-9-32-14-15/h1-14,22H,(H,33,36)/t22-/m1/s1. The van der Waals surface area contributed by atoms with Crippen LogP contribution in [-0.4, -0.2) is 14.7 Å². The molecule has 1 aliphatic rings. The Bertz CT molecular complexity index is 1400. The Hall–Kier alpha value is -3.86. The number of para-hydroxylation sites is 2. The number of pyridine rings is 1. The van der Waals surface area contributed by atoms with E-state index in [4.69, 9.17) is 12.2 Å². The third-order valence-corrected chi connectivity index (χ3v) is 6.08. The summed E-state index contributed by atoms with van der Waals surface area (Å²) < 4.78 is 82.3. The zero-order valence-corrected chi connectivity index (χ0v) is 19.0. The van der Waals surface area contributed by atoms with Crippen LogP contribution in [0.5, 0.6) is 0 Å². The molecule has 1 N–H and O–H groups in total. The average Bonchev–Trinajstić information content (AvgIpc) is 3.32. The summed E-state index contributed by atoms with van der Waals surface area (Å²) >= 11 is 5.61. The first-order valence-corrected chi connectivity index (χ1v) is 11.0. The Morgan fingerprint density at radius 2 is 1.50 bits per heavy atom. The summed E-state index contributed by atoms with van der Waals surface area (Å²) in [6.07, 6.45) is -4.85. The predicted molar refractivity (Wildman–Crippen MR) is 127 cm³/mol. The number of fused-ring (bicyclic) bond motifs is 3. The highest BCUT2D eigenvalue weighted by molar-refractivity contribution is 7.80. The van der Waals surface area contributed by atoms with Gasteiger partial charge >= 0.3 is 12.4 Å². The highest BCUT2D eigenvalue weighted by Gasteiger charge is 2.38. The van der Waals surface area contributed by atoms with E-state index in [-0.39, 0.29) is 11.2 Å². The molecule has 3 heterocycles. The second-order valence-electron chi connectivity index (χ2n) is 8.08. The lowest BCUT2D eigenvalue weighted by Crippen LogP contribution is -2.42. The van der Waals surface area contributed by atoms with Crippen molar-refractivity contribution in [2.24, 2.45) is 0 Å². The van der Waals surface area contributed by atoms with Gasteiger partial charge in [0.05, 0.1) is 28.2 Å². The SMILES string of the molecule is FC(F)(F)c1cc(NC(=S)N2c3ccccc3-n3cccc3[C@H]2c2cccnc2)cc(C(F)(F)F)c1. The summed E-state index contributed by atoms with van der Waals surface area (Å²) in [6, 6.07) is 15.3. The predicted octanol–water partition coefficient (Wildman–Crippen LogP) is 7.22. The summed E-state index contributed by atoms with van der Waals surface area (Å²) in [4.78, 5) is 5.85. The lowest BCUT2D eigenvalue weighted by Gasteiger charge is -2.40. The molecule has 0 unspecified atom stereocenters. The zero-order chi connectivity index (χ0) is 25.7. The van der Waals surface area contributed by atoms with Crippen LogP contribution < -0.4 is 10.2 Å². The highest BCUT2D eigenvalue weighted by Crippen LogP contribution is 2.43. The van der Waals surface area contributed by atoms with Gasteiger partial charge in [0, 0.05) is 24.3 Å². The highest BCUT2D eigenvalue weighted by atomic mass is 32.1. The van der Waals surface area contributed by atoms with Crippen LogP contribution in [0.25, 0.3) is 5.69 Å². The Balaban J connectivity index is 1.62. The monoisotopic (exact) mass is 518 g/mol. The van der Waals surface area contributed by atoms with E-state index in [2.05, 4.69) is 10.3 Å². The molecule has 1 atom stereocenters. The maximum Gasteiger partial charge on any atom is 0.416 e. The van der Waals surface area contributed by atoms with Crippen molar-refractivity contribution in [3.63, 3.8) is 0 Å². The van der Waals surface area contributed by atoms with Crippen LogP contribution in [0.2, 0.25) is 0 Å². The van der Waals surface area contributed by atoms with Crippen LogP contribution in [0, 0.1) is 0 Å². The third kappa shape index (κ3) is 4.30. The molecule has 5 rings (SSSR count). The van der Waals surface area contributed by atoms with Gasteiger partial charge in [-0.15, -0.1) is 0 Å². The first-order valence-electron chi connectivity index (χ1n) is 10.6. The topological polar surface area (TPSA) is 33.1 Å². The van der Waals surface area contributed by atoms with Crippen LogP contribution in [0.4, 0.5) is 37.7 Å². The van der Waals surface area contributed by atoms with Gasteiger partial charge in [-0.3, -0.25) is 4.98 Å². The first-order chi connectivity index (χ1) is 17.0. The molecule has 0 spiro atoms. The summed E-state index contributed by atoms with van der Waals surface area (Å²) in [5.74, 6) is 0. The number of benzene rings is 2. The third-order valence-electron chi connectivity index (χ3n) is 5.78. The molecule has 4 aromatic rings. The molecule has 36 heavy (non-hydrogen) atoms. The van der Waals surface area contributed by atoms with Crippen molar-refractivity contribution >= 4 is 28.7 Å². The number of aromatic nitrogens is 2. The van der Waals surface area contributed by atoms with Crippen molar-refractivity contribution in [1.29, 1.82) is 0 Å². The second-order valence-corrected chi connectivity index (χ2v) is 8.46. The van der Waals surface area contributed by atoms with E-state index in [1.54, 1.807) is 35.5 Å². The van der Waals surface area contributed by atoms with Crippen LogP contribution in [0.3, 0.4) is 0 Å². The van der Waals surface area contributed by atoms with E-state index < -0.39 is 35.2 Å². The number of nitrogens with one attached hydrogen (secondary N) is 1. The maximum atomic E-state index is 13.4. The minimum absolute atomic E-state index is 0.0730. The maximum absolute atomic E-state index is 13.4. The Labute approximate surface area is 206 Å². The van der Waals surface area contributed by atoms with E-state index in [1.165, 1.54) is 0 Å². The minimum atomic E-state index is -4.98. The second kappa shape index (κ2) is 8.66. The molecule has 2 aromatic carbocycles. The fourth-order valence-electron chi connectivity index (χ4n) is 4.27. The number of nitrogens with zero attached hydrogens (tertiary/aromatic N) is 3. The lowest BCUT2D eigenvalue weighted by molar-refractivity contribution is -0.143. The molecule has 1 aliphatic heterocycles. The van der Waals surface area contributed by atoms with Gasteiger partial charge in [-0.05, 0) is 66.3 Å². The van der Waals surface area contributed by atoms with Crippen molar-refractivity contribution in [3.05, 3.63) is 108 Å². The molecule has 2 aromatic heterocycles. The number of rotatable bonds is 2. The summed E-state index contributed by atoms with van der Waals surface area (Å²) in [6.45, 7) is 0. The molecular formula is C25H16F6N4S. The van der Waals surface area contributed by atoms with Crippen LogP contribution in [-0.2, 0) is 12.4 Å².